The molecular weight excluding hydrogens is 293 g/mol. The number of hydrogen-bond donors (Lipinski definition) is 0. The molecule has 0 aliphatic carbocycles. The van der Waals surface area contributed by atoms with E-state index in [1.807, 2.05) is 6.07 Å². The lowest BCUT2D eigenvalue weighted by Gasteiger charge is -1.99. The van der Waals surface area contributed by atoms with Gasteiger partial charge >= 0.3 is 0 Å². The van der Waals surface area contributed by atoms with Gasteiger partial charge in [0.05, 0.1) is 15.1 Å². The summed E-state index contributed by atoms with van der Waals surface area (Å²) < 4.78 is 1.53. The summed E-state index contributed by atoms with van der Waals surface area (Å²) in [5.41, 5.74) is 0.459. The summed E-state index contributed by atoms with van der Waals surface area (Å²) in [5, 5.41) is 9.10. The molecule has 0 radical (unpaired) electrons. The van der Waals surface area contributed by atoms with Gasteiger partial charge in [-0.1, -0.05) is 11.6 Å². The average Bonchev–Trinajstić information content (AvgIpc) is 1.99. The van der Waals surface area contributed by atoms with E-state index >= 15 is 0 Å². The summed E-state index contributed by atoms with van der Waals surface area (Å²) in [4.78, 5) is 0. The molecule has 0 atom stereocenters. The van der Waals surface area contributed by atoms with Crippen LogP contribution < -0.4 is 0 Å². The molecule has 0 fully saturated rings. The SMILES string of the molecule is N#Cc1c(Cl)ccc(Br)c1Br. The van der Waals surface area contributed by atoms with Crippen LogP contribution in [0.3, 0.4) is 0 Å². The van der Waals surface area contributed by atoms with Gasteiger partial charge < -0.3 is 0 Å². The molecule has 0 N–H and O–H groups in total. The molecule has 1 aromatic rings. The summed E-state index contributed by atoms with van der Waals surface area (Å²) >= 11 is 12.2. The number of nitriles is 1. The Morgan fingerprint density at radius 3 is 2.45 bits per heavy atom. The fraction of sp³-hybridized carbons (Fsp3) is 0. The molecule has 1 nitrogen and oxygen atoms in total. The Hall–Kier alpha value is -0.0400. The fourth-order valence-electron chi connectivity index (χ4n) is 0.630. The Balaban J connectivity index is 3.44. The second-order valence-corrected chi connectivity index (χ2v) is 3.88. The highest BCUT2D eigenvalue weighted by Crippen LogP contribution is 2.30. The Kier molecular flexibility index (Phi) is 2.94. The minimum absolute atomic E-state index is 0.459. The van der Waals surface area contributed by atoms with Crippen LogP contribution in [0.2, 0.25) is 5.02 Å². The highest BCUT2D eigenvalue weighted by atomic mass is 79.9. The van der Waals surface area contributed by atoms with E-state index in [-0.39, 0.29) is 0 Å². The van der Waals surface area contributed by atoms with Gasteiger partial charge in [0.2, 0.25) is 0 Å². The zero-order valence-electron chi connectivity index (χ0n) is 5.24. The van der Waals surface area contributed by atoms with Crippen LogP contribution in [-0.2, 0) is 0 Å². The summed E-state index contributed by atoms with van der Waals surface area (Å²) in [5.74, 6) is 0. The van der Waals surface area contributed by atoms with Crippen molar-refractivity contribution in [2.24, 2.45) is 0 Å². The third kappa shape index (κ3) is 1.76. The molecule has 0 aliphatic heterocycles. The topological polar surface area (TPSA) is 23.8 Å². The minimum atomic E-state index is 0.459. The van der Waals surface area contributed by atoms with Crippen molar-refractivity contribution in [3.05, 3.63) is 31.7 Å². The molecule has 0 spiro atoms. The summed E-state index contributed by atoms with van der Waals surface area (Å²) in [6.07, 6.45) is 0. The van der Waals surface area contributed by atoms with Gasteiger partial charge in [-0.3, -0.25) is 0 Å². The minimum Gasteiger partial charge on any atom is -0.192 e. The monoisotopic (exact) mass is 293 g/mol. The van der Waals surface area contributed by atoms with Crippen molar-refractivity contribution < 1.29 is 0 Å². The molecule has 1 rings (SSSR count). The van der Waals surface area contributed by atoms with E-state index in [1.165, 1.54) is 0 Å². The molecule has 0 heterocycles. The van der Waals surface area contributed by atoms with Crippen LogP contribution in [0.4, 0.5) is 0 Å². The van der Waals surface area contributed by atoms with Crippen molar-refractivity contribution in [2.75, 3.05) is 0 Å². The van der Waals surface area contributed by atoms with Crippen LogP contribution in [0.5, 0.6) is 0 Å². The third-order valence-electron chi connectivity index (χ3n) is 1.16. The van der Waals surface area contributed by atoms with Crippen molar-refractivity contribution in [1.29, 1.82) is 5.26 Å². The van der Waals surface area contributed by atoms with E-state index < -0.39 is 0 Å². The van der Waals surface area contributed by atoms with Crippen molar-refractivity contribution in [3.8, 4) is 6.07 Å². The molecule has 1 aromatic carbocycles. The van der Waals surface area contributed by atoms with Crippen LogP contribution >= 0.6 is 43.5 Å². The first-order valence-electron chi connectivity index (χ1n) is 2.70. The lowest BCUT2D eigenvalue weighted by atomic mass is 10.2. The van der Waals surface area contributed by atoms with Gasteiger partial charge in [0.25, 0.3) is 0 Å². The lowest BCUT2D eigenvalue weighted by Crippen LogP contribution is -1.80. The fourth-order valence-corrected chi connectivity index (χ4v) is 1.71. The van der Waals surface area contributed by atoms with E-state index in [1.54, 1.807) is 12.1 Å². The van der Waals surface area contributed by atoms with Gasteiger partial charge in [0.1, 0.15) is 6.07 Å². The van der Waals surface area contributed by atoms with E-state index in [9.17, 15) is 0 Å². The average molecular weight is 295 g/mol. The van der Waals surface area contributed by atoms with E-state index in [2.05, 4.69) is 31.9 Å². The van der Waals surface area contributed by atoms with Crippen LogP contribution in [0.1, 0.15) is 5.56 Å². The zero-order chi connectivity index (χ0) is 8.43. The van der Waals surface area contributed by atoms with Crippen LogP contribution in [0, 0.1) is 11.3 Å². The molecule has 56 valence electrons. The summed E-state index contributed by atoms with van der Waals surface area (Å²) in [6.45, 7) is 0. The van der Waals surface area contributed by atoms with Crippen LogP contribution in [0.25, 0.3) is 0 Å². The van der Waals surface area contributed by atoms with Crippen molar-refractivity contribution in [1.82, 2.24) is 0 Å². The van der Waals surface area contributed by atoms with Crippen LogP contribution in [-0.4, -0.2) is 0 Å². The van der Waals surface area contributed by atoms with Gasteiger partial charge in [0.15, 0.2) is 0 Å². The summed E-state index contributed by atoms with van der Waals surface area (Å²) in [7, 11) is 0. The first kappa shape index (κ1) is 9.05. The Bertz CT molecular complexity index is 330. The highest BCUT2D eigenvalue weighted by molar-refractivity contribution is 9.13. The van der Waals surface area contributed by atoms with Crippen LogP contribution in [0.15, 0.2) is 21.1 Å². The normalized spacial score (nSPS) is 9.27. The molecule has 4 heteroatoms. The number of halogens is 3. The quantitative estimate of drug-likeness (QED) is 0.669. The first-order chi connectivity index (χ1) is 5.16. The standard InChI is InChI=1S/C7H2Br2ClN/c8-5-1-2-6(10)4(3-11)7(5)9/h1-2H. The van der Waals surface area contributed by atoms with Gasteiger partial charge in [-0.25, -0.2) is 0 Å². The van der Waals surface area contributed by atoms with Crippen molar-refractivity contribution >= 4 is 43.5 Å². The van der Waals surface area contributed by atoms with E-state index in [4.69, 9.17) is 16.9 Å². The second kappa shape index (κ2) is 3.57. The number of rotatable bonds is 0. The van der Waals surface area contributed by atoms with Crippen molar-refractivity contribution in [2.45, 2.75) is 0 Å². The molecule has 0 saturated carbocycles. The maximum Gasteiger partial charge on any atom is 0.102 e. The molecule has 0 aliphatic rings. The zero-order valence-corrected chi connectivity index (χ0v) is 9.16. The van der Waals surface area contributed by atoms with E-state index in [0.29, 0.717) is 15.1 Å². The van der Waals surface area contributed by atoms with Gasteiger partial charge in [-0.05, 0) is 44.0 Å². The van der Waals surface area contributed by atoms with Gasteiger partial charge in [0, 0.05) is 4.47 Å². The predicted octanol–water partition coefficient (Wildman–Crippen LogP) is 3.74. The Labute approximate surface area is 86.2 Å². The third-order valence-corrected chi connectivity index (χ3v) is 3.49. The smallest absolute Gasteiger partial charge is 0.102 e. The molecular formula is C7H2Br2ClN. The molecule has 0 bridgehead atoms. The second-order valence-electron chi connectivity index (χ2n) is 1.83. The first-order valence-corrected chi connectivity index (χ1v) is 4.67. The maximum atomic E-state index is 8.64. The largest absolute Gasteiger partial charge is 0.192 e. The highest BCUT2D eigenvalue weighted by Gasteiger charge is 2.06. The van der Waals surface area contributed by atoms with E-state index in [0.717, 1.165) is 4.47 Å². The molecule has 0 aromatic heterocycles. The summed E-state index contributed by atoms with van der Waals surface area (Å²) in [6, 6.07) is 5.46. The molecule has 0 amide bonds. The lowest BCUT2D eigenvalue weighted by molar-refractivity contribution is 1.45. The molecule has 0 unspecified atom stereocenters. The number of benzene rings is 1. The molecule has 11 heavy (non-hydrogen) atoms. The van der Waals surface area contributed by atoms with Crippen molar-refractivity contribution in [3.63, 3.8) is 0 Å². The Morgan fingerprint density at radius 1 is 1.36 bits per heavy atom. The predicted molar refractivity (Wildman–Crippen MR) is 51.6 cm³/mol. The maximum absolute atomic E-state index is 8.64. The number of hydrogen-bond acceptors (Lipinski definition) is 1. The molecule has 0 saturated heterocycles. The van der Waals surface area contributed by atoms with Gasteiger partial charge in [-0.15, -0.1) is 0 Å². The van der Waals surface area contributed by atoms with Gasteiger partial charge in [-0.2, -0.15) is 5.26 Å². The number of nitrogens with zero attached hydrogens (tertiary/aromatic N) is 1. The Morgan fingerprint density at radius 2 is 2.00 bits per heavy atom.